The van der Waals surface area contributed by atoms with Crippen LogP contribution in [-0.2, 0) is 0 Å². The zero-order valence-electron chi connectivity index (χ0n) is 13.6. The molecule has 0 amide bonds. The third-order valence-corrected chi connectivity index (χ3v) is 5.07. The first kappa shape index (κ1) is 16.1. The Hall–Kier alpha value is -2.35. The van der Waals surface area contributed by atoms with Gasteiger partial charge >= 0.3 is 0 Å². The molecule has 1 heterocycles. The highest BCUT2D eigenvalue weighted by molar-refractivity contribution is 6.39. The highest BCUT2D eigenvalue weighted by atomic mass is 35.5. The smallest absolute Gasteiger partial charge is 0.0810 e. The largest absolute Gasteiger partial charge is 0.255 e. The molecule has 4 rings (SSSR count). The number of aryl methyl sites for hydroxylation is 1. The third-order valence-electron chi connectivity index (χ3n) is 4.44. The topological polar surface area (TPSA) is 12.9 Å². The molecule has 1 aromatic heterocycles. The molecule has 0 aliphatic heterocycles. The lowest BCUT2D eigenvalue weighted by atomic mass is 9.94. The first-order valence-corrected chi connectivity index (χ1v) is 8.80. The van der Waals surface area contributed by atoms with Gasteiger partial charge in [0.1, 0.15) is 0 Å². The van der Waals surface area contributed by atoms with Crippen molar-refractivity contribution in [3.05, 3.63) is 88.5 Å². The lowest BCUT2D eigenvalue weighted by Gasteiger charge is -2.13. The van der Waals surface area contributed by atoms with Crippen molar-refractivity contribution in [2.75, 3.05) is 0 Å². The summed E-state index contributed by atoms with van der Waals surface area (Å²) in [6, 6.07) is 22.2. The summed E-state index contributed by atoms with van der Waals surface area (Å²) in [6.07, 6.45) is 1.82. The summed E-state index contributed by atoms with van der Waals surface area (Å²) in [4.78, 5) is 4.59. The number of fused-ring (bicyclic) bond motifs is 1. The molecule has 0 saturated heterocycles. The average Bonchev–Trinajstić information content (AvgIpc) is 2.62. The van der Waals surface area contributed by atoms with E-state index in [1.165, 1.54) is 16.7 Å². The van der Waals surface area contributed by atoms with E-state index in [4.69, 9.17) is 23.2 Å². The van der Waals surface area contributed by atoms with Crippen molar-refractivity contribution in [1.29, 1.82) is 0 Å². The summed E-state index contributed by atoms with van der Waals surface area (Å²) in [7, 11) is 0. The van der Waals surface area contributed by atoms with Crippen molar-refractivity contribution in [3.8, 4) is 22.4 Å². The number of rotatable bonds is 2. The van der Waals surface area contributed by atoms with Crippen LogP contribution >= 0.6 is 23.2 Å². The van der Waals surface area contributed by atoms with E-state index in [1.807, 2.05) is 30.5 Å². The van der Waals surface area contributed by atoms with Crippen LogP contribution in [0.4, 0.5) is 0 Å². The predicted octanol–water partition coefficient (Wildman–Crippen LogP) is 7.18. The van der Waals surface area contributed by atoms with Gasteiger partial charge in [0.05, 0.1) is 15.7 Å². The van der Waals surface area contributed by atoms with Crippen LogP contribution in [0.25, 0.3) is 33.2 Å². The van der Waals surface area contributed by atoms with Gasteiger partial charge in [0.15, 0.2) is 0 Å². The quantitative estimate of drug-likeness (QED) is 0.367. The second-order valence-electron chi connectivity index (χ2n) is 5.97. The minimum absolute atomic E-state index is 0.605. The normalized spacial score (nSPS) is 11.0. The molecule has 1 nitrogen and oxygen atoms in total. The van der Waals surface area contributed by atoms with E-state index in [-0.39, 0.29) is 0 Å². The fraction of sp³-hybridized carbons (Fsp3) is 0.0455. The Kier molecular flexibility index (Phi) is 4.20. The molecular weight excluding hydrogens is 349 g/mol. The van der Waals surface area contributed by atoms with E-state index in [0.717, 1.165) is 22.0 Å². The maximum atomic E-state index is 6.42. The summed E-state index contributed by atoms with van der Waals surface area (Å²) >= 11 is 12.8. The fourth-order valence-electron chi connectivity index (χ4n) is 3.24. The summed E-state index contributed by atoms with van der Waals surface area (Å²) in [5, 5.41) is 3.39. The monoisotopic (exact) mass is 363 g/mol. The van der Waals surface area contributed by atoms with Crippen molar-refractivity contribution in [2.24, 2.45) is 0 Å². The summed E-state index contributed by atoms with van der Waals surface area (Å²) < 4.78 is 0. The van der Waals surface area contributed by atoms with Gasteiger partial charge in [0.2, 0.25) is 0 Å². The Morgan fingerprint density at radius 2 is 1.36 bits per heavy atom. The molecule has 0 fully saturated rings. The molecule has 0 unspecified atom stereocenters. The van der Waals surface area contributed by atoms with Gasteiger partial charge in [-0.2, -0.15) is 0 Å². The van der Waals surface area contributed by atoms with E-state index in [2.05, 4.69) is 54.4 Å². The molecule has 0 atom stereocenters. The Morgan fingerprint density at radius 1 is 0.680 bits per heavy atom. The number of hydrogen-bond donors (Lipinski definition) is 0. The van der Waals surface area contributed by atoms with Gasteiger partial charge in [-0.3, -0.25) is 4.98 Å². The van der Waals surface area contributed by atoms with Gasteiger partial charge in [-0.05, 0) is 47.2 Å². The molecule has 3 aromatic carbocycles. The number of halogens is 2. The number of hydrogen-bond acceptors (Lipinski definition) is 1. The molecule has 0 bridgehead atoms. The summed E-state index contributed by atoms with van der Waals surface area (Å²) in [5.41, 5.74) is 5.23. The number of nitrogens with zero attached hydrogens (tertiary/aromatic N) is 1. The molecule has 0 aliphatic carbocycles. The van der Waals surface area contributed by atoms with Crippen LogP contribution in [0.5, 0.6) is 0 Å². The second-order valence-corrected chi connectivity index (χ2v) is 6.79. The van der Waals surface area contributed by atoms with Gasteiger partial charge in [-0.25, -0.2) is 0 Å². The predicted molar refractivity (Wildman–Crippen MR) is 107 cm³/mol. The van der Waals surface area contributed by atoms with Crippen LogP contribution in [0.3, 0.4) is 0 Å². The number of pyridine rings is 1. The van der Waals surface area contributed by atoms with Gasteiger partial charge in [0, 0.05) is 17.1 Å². The summed E-state index contributed by atoms with van der Waals surface area (Å²) in [5.74, 6) is 0. The van der Waals surface area contributed by atoms with Crippen molar-refractivity contribution in [3.63, 3.8) is 0 Å². The van der Waals surface area contributed by atoms with Crippen LogP contribution in [0.2, 0.25) is 10.0 Å². The molecule has 25 heavy (non-hydrogen) atoms. The molecule has 4 aromatic rings. The van der Waals surface area contributed by atoms with Gasteiger partial charge < -0.3 is 0 Å². The van der Waals surface area contributed by atoms with Gasteiger partial charge in [0.25, 0.3) is 0 Å². The molecule has 0 spiro atoms. The molecule has 0 radical (unpaired) electrons. The van der Waals surface area contributed by atoms with E-state index in [1.54, 1.807) is 0 Å². The van der Waals surface area contributed by atoms with Gasteiger partial charge in [-0.1, -0.05) is 71.7 Å². The van der Waals surface area contributed by atoms with E-state index >= 15 is 0 Å². The third kappa shape index (κ3) is 2.80. The fourth-order valence-corrected chi connectivity index (χ4v) is 3.82. The number of aromatic nitrogens is 1. The first-order valence-electron chi connectivity index (χ1n) is 8.05. The highest BCUT2D eigenvalue weighted by Crippen LogP contribution is 2.39. The van der Waals surface area contributed by atoms with E-state index in [0.29, 0.717) is 10.0 Å². The lowest BCUT2D eigenvalue weighted by Crippen LogP contribution is -1.91. The van der Waals surface area contributed by atoms with Crippen molar-refractivity contribution in [2.45, 2.75) is 6.92 Å². The minimum Gasteiger partial charge on any atom is -0.255 e. The highest BCUT2D eigenvalue weighted by Gasteiger charge is 2.15. The van der Waals surface area contributed by atoms with Crippen LogP contribution in [-0.4, -0.2) is 4.98 Å². The van der Waals surface area contributed by atoms with Crippen LogP contribution in [0.15, 0.2) is 72.9 Å². The molecule has 3 heteroatoms. The Morgan fingerprint density at radius 3 is 2.12 bits per heavy atom. The van der Waals surface area contributed by atoms with Crippen LogP contribution in [0, 0.1) is 6.92 Å². The van der Waals surface area contributed by atoms with E-state index in [9.17, 15) is 0 Å². The zero-order valence-corrected chi connectivity index (χ0v) is 15.1. The van der Waals surface area contributed by atoms with Crippen LogP contribution < -0.4 is 0 Å². The minimum atomic E-state index is 0.605. The van der Waals surface area contributed by atoms with E-state index < -0.39 is 0 Å². The van der Waals surface area contributed by atoms with Crippen molar-refractivity contribution < 1.29 is 0 Å². The molecule has 122 valence electrons. The SMILES string of the molecule is Cc1ccccc1-c1cccc2c(-c3c(Cl)cccc3Cl)nccc12. The second kappa shape index (κ2) is 6.51. The molecule has 0 saturated carbocycles. The summed E-state index contributed by atoms with van der Waals surface area (Å²) in [6.45, 7) is 2.13. The standard InChI is InChI=1S/C22H15Cl2N/c1-14-6-2-3-7-15(14)16-8-4-9-18-17(16)12-13-25-22(18)21-19(23)10-5-11-20(21)24/h2-13H,1H3. The molecule has 0 N–H and O–H groups in total. The van der Waals surface area contributed by atoms with Gasteiger partial charge in [-0.15, -0.1) is 0 Å². The van der Waals surface area contributed by atoms with Crippen molar-refractivity contribution in [1.82, 2.24) is 4.98 Å². The Balaban J connectivity index is 2.05. The zero-order chi connectivity index (χ0) is 17.4. The van der Waals surface area contributed by atoms with Crippen LogP contribution in [0.1, 0.15) is 5.56 Å². The maximum Gasteiger partial charge on any atom is 0.0810 e. The Bertz CT molecular complexity index is 1070. The Labute approximate surface area is 156 Å². The molecule has 0 aliphatic rings. The maximum absolute atomic E-state index is 6.42. The average molecular weight is 364 g/mol. The first-order chi connectivity index (χ1) is 12.2. The number of benzene rings is 3. The van der Waals surface area contributed by atoms with Crippen molar-refractivity contribution >= 4 is 34.0 Å². The lowest BCUT2D eigenvalue weighted by molar-refractivity contribution is 1.36. The molecular formula is C22H15Cl2N.